The summed E-state index contributed by atoms with van der Waals surface area (Å²) in [6.45, 7) is 5.37. The van der Waals surface area contributed by atoms with Crippen molar-refractivity contribution in [3.8, 4) is 6.07 Å². The number of hydrogen-bond donors (Lipinski definition) is 2. The Morgan fingerprint density at radius 1 is 1.35 bits per heavy atom. The van der Waals surface area contributed by atoms with Gasteiger partial charge in [-0.3, -0.25) is 0 Å². The van der Waals surface area contributed by atoms with Crippen LogP contribution in [0.2, 0.25) is 0 Å². The van der Waals surface area contributed by atoms with E-state index in [0.717, 1.165) is 12.0 Å². The first-order valence-electron chi connectivity index (χ1n) is 6.00. The van der Waals surface area contributed by atoms with Crippen LogP contribution < -0.4 is 5.32 Å². The highest BCUT2D eigenvalue weighted by Gasteiger charge is 2.07. The summed E-state index contributed by atoms with van der Waals surface area (Å²) in [5.41, 5.74) is 1.67. The lowest BCUT2D eigenvalue weighted by Gasteiger charge is -2.14. The third kappa shape index (κ3) is 4.99. The van der Waals surface area contributed by atoms with Gasteiger partial charge in [-0.05, 0) is 24.0 Å². The second-order valence-corrected chi connectivity index (χ2v) is 4.68. The van der Waals surface area contributed by atoms with Crippen LogP contribution in [0, 0.1) is 17.2 Å². The molecule has 0 radical (unpaired) electrons. The van der Waals surface area contributed by atoms with Crippen molar-refractivity contribution in [3.05, 3.63) is 35.4 Å². The lowest BCUT2D eigenvalue weighted by molar-refractivity contribution is 0.146. The van der Waals surface area contributed by atoms with Crippen molar-refractivity contribution in [2.24, 2.45) is 5.92 Å². The second kappa shape index (κ2) is 7.05. The van der Waals surface area contributed by atoms with Crippen molar-refractivity contribution in [2.75, 3.05) is 6.54 Å². The molecule has 0 bridgehead atoms. The Kier molecular flexibility index (Phi) is 5.68. The van der Waals surface area contributed by atoms with E-state index < -0.39 is 0 Å². The summed E-state index contributed by atoms with van der Waals surface area (Å²) < 4.78 is 0. The van der Waals surface area contributed by atoms with Gasteiger partial charge in [-0.15, -0.1) is 0 Å². The summed E-state index contributed by atoms with van der Waals surface area (Å²) in [7, 11) is 0. The molecule has 3 nitrogen and oxygen atoms in total. The first-order chi connectivity index (χ1) is 8.13. The van der Waals surface area contributed by atoms with Gasteiger partial charge in [-0.1, -0.05) is 32.0 Å². The zero-order chi connectivity index (χ0) is 12.7. The van der Waals surface area contributed by atoms with Gasteiger partial charge in [0.1, 0.15) is 0 Å². The molecular formula is C14H20N2O. The number of aliphatic hydroxyl groups is 1. The number of benzene rings is 1. The zero-order valence-corrected chi connectivity index (χ0v) is 10.5. The molecule has 0 aromatic heterocycles. The van der Waals surface area contributed by atoms with E-state index in [-0.39, 0.29) is 6.10 Å². The highest BCUT2D eigenvalue weighted by atomic mass is 16.3. The third-order valence-corrected chi connectivity index (χ3v) is 2.58. The van der Waals surface area contributed by atoms with Crippen molar-refractivity contribution in [1.82, 2.24) is 5.32 Å². The van der Waals surface area contributed by atoms with E-state index in [2.05, 4.69) is 25.2 Å². The van der Waals surface area contributed by atoms with Gasteiger partial charge in [0.2, 0.25) is 0 Å². The predicted molar refractivity (Wildman–Crippen MR) is 68.3 cm³/mol. The minimum Gasteiger partial charge on any atom is -0.392 e. The van der Waals surface area contributed by atoms with Crippen LogP contribution in [0.4, 0.5) is 0 Å². The number of aliphatic hydroxyl groups excluding tert-OH is 1. The highest BCUT2D eigenvalue weighted by Crippen LogP contribution is 2.07. The first kappa shape index (κ1) is 13.7. The maximum atomic E-state index is 9.70. The largest absolute Gasteiger partial charge is 0.392 e. The maximum absolute atomic E-state index is 9.70. The molecule has 0 aliphatic heterocycles. The highest BCUT2D eigenvalue weighted by molar-refractivity contribution is 5.37. The number of nitrogens with zero attached hydrogens (tertiary/aromatic N) is 1. The molecule has 0 amide bonds. The Labute approximate surface area is 103 Å². The Morgan fingerprint density at radius 2 is 2.06 bits per heavy atom. The average Bonchev–Trinajstić information content (AvgIpc) is 2.28. The molecule has 0 saturated carbocycles. The lowest BCUT2D eigenvalue weighted by Crippen LogP contribution is -2.27. The van der Waals surface area contributed by atoms with Crippen LogP contribution in [-0.4, -0.2) is 17.8 Å². The van der Waals surface area contributed by atoms with E-state index in [1.165, 1.54) is 0 Å². The summed E-state index contributed by atoms with van der Waals surface area (Å²) in [6, 6.07) is 9.68. The number of nitrogens with one attached hydrogen (secondary N) is 1. The molecule has 0 spiro atoms. The van der Waals surface area contributed by atoms with E-state index >= 15 is 0 Å². The fourth-order valence-corrected chi connectivity index (χ4v) is 1.78. The van der Waals surface area contributed by atoms with Crippen molar-refractivity contribution < 1.29 is 5.11 Å². The third-order valence-electron chi connectivity index (χ3n) is 2.58. The molecule has 1 aromatic carbocycles. The second-order valence-electron chi connectivity index (χ2n) is 4.68. The summed E-state index contributed by atoms with van der Waals surface area (Å²) in [5, 5.41) is 21.8. The van der Waals surface area contributed by atoms with Crippen molar-refractivity contribution in [3.63, 3.8) is 0 Å². The van der Waals surface area contributed by atoms with Gasteiger partial charge in [0.15, 0.2) is 0 Å². The summed E-state index contributed by atoms with van der Waals surface area (Å²) >= 11 is 0. The molecule has 17 heavy (non-hydrogen) atoms. The molecule has 0 aliphatic carbocycles. The Morgan fingerprint density at radius 3 is 2.71 bits per heavy atom. The molecule has 0 aliphatic rings. The van der Waals surface area contributed by atoms with Crippen LogP contribution >= 0.6 is 0 Å². The minimum atomic E-state index is -0.316. The van der Waals surface area contributed by atoms with E-state index in [9.17, 15) is 5.11 Å². The Hall–Kier alpha value is -1.37. The fourth-order valence-electron chi connectivity index (χ4n) is 1.78. The number of nitriles is 1. The summed E-state index contributed by atoms with van der Waals surface area (Å²) in [6.07, 6.45) is 0.483. The first-order valence-corrected chi connectivity index (χ1v) is 6.00. The quantitative estimate of drug-likeness (QED) is 0.789. The molecule has 0 saturated heterocycles. The van der Waals surface area contributed by atoms with E-state index in [0.29, 0.717) is 24.6 Å². The summed E-state index contributed by atoms with van der Waals surface area (Å²) in [5.74, 6) is 0.498. The number of rotatable bonds is 6. The molecule has 1 atom stereocenters. The Balaban J connectivity index is 2.38. The van der Waals surface area contributed by atoms with Gasteiger partial charge in [-0.2, -0.15) is 5.26 Å². The van der Waals surface area contributed by atoms with Crippen molar-refractivity contribution in [2.45, 2.75) is 32.9 Å². The SMILES string of the molecule is CC(C)CC(O)CNCc1ccccc1C#N. The smallest absolute Gasteiger partial charge is 0.0995 e. The molecule has 1 unspecified atom stereocenters. The topological polar surface area (TPSA) is 56.0 Å². The molecule has 92 valence electrons. The van der Waals surface area contributed by atoms with Gasteiger partial charge < -0.3 is 10.4 Å². The molecule has 1 rings (SSSR count). The minimum absolute atomic E-state index is 0.316. The lowest BCUT2D eigenvalue weighted by atomic mass is 10.1. The van der Waals surface area contributed by atoms with Gasteiger partial charge in [0.25, 0.3) is 0 Å². The van der Waals surface area contributed by atoms with E-state index in [1.54, 1.807) is 0 Å². The Bertz CT molecular complexity index is 382. The van der Waals surface area contributed by atoms with Crippen LogP contribution in [0.15, 0.2) is 24.3 Å². The predicted octanol–water partition coefficient (Wildman–Crippen LogP) is 2.05. The van der Waals surface area contributed by atoms with Gasteiger partial charge in [0.05, 0.1) is 17.7 Å². The molecule has 0 fully saturated rings. The van der Waals surface area contributed by atoms with Crippen molar-refractivity contribution >= 4 is 0 Å². The maximum Gasteiger partial charge on any atom is 0.0995 e. The molecule has 2 N–H and O–H groups in total. The van der Waals surface area contributed by atoms with Crippen LogP contribution in [0.3, 0.4) is 0 Å². The fraction of sp³-hybridized carbons (Fsp3) is 0.500. The van der Waals surface area contributed by atoms with Gasteiger partial charge in [-0.25, -0.2) is 0 Å². The summed E-state index contributed by atoms with van der Waals surface area (Å²) in [4.78, 5) is 0. The van der Waals surface area contributed by atoms with Gasteiger partial charge in [0, 0.05) is 13.1 Å². The number of hydrogen-bond acceptors (Lipinski definition) is 3. The standard InChI is InChI=1S/C14H20N2O/c1-11(2)7-14(17)10-16-9-13-6-4-3-5-12(13)8-15/h3-6,11,14,16-17H,7,9-10H2,1-2H3. The van der Waals surface area contributed by atoms with Gasteiger partial charge >= 0.3 is 0 Å². The molecule has 0 heterocycles. The van der Waals surface area contributed by atoms with E-state index in [4.69, 9.17) is 5.26 Å². The van der Waals surface area contributed by atoms with E-state index in [1.807, 2.05) is 24.3 Å². The van der Waals surface area contributed by atoms with Crippen LogP contribution in [-0.2, 0) is 6.54 Å². The zero-order valence-electron chi connectivity index (χ0n) is 10.5. The monoisotopic (exact) mass is 232 g/mol. The molecule has 1 aromatic rings. The van der Waals surface area contributed by atoms with Crippen LogP contribution in [0.5, 0.6) is 0 Å². The molecule has 3 heteroatoms. The van der Waals surface area contributed by atoms with Crippen molar-refractivity contribution in [1.29, 1.82) is 5.26 Å². The molecular weight excluding hydrogens is 212 g/mol. The van der Waals surface area contributed by atoms with Crippen LogP contribution in [0.1, 0.15) is 31.4 Å². The van der Waals surface area contributed by atoms with Crippen LogP contribution in [0.25, 0.3) is 0 Å². The normalized spacial score (nSPS) is 12.4. The average molecular weight is 232 g/mol.